The lowest BCUT2D eigenvalue weighted by Gasteiger charge is -2.20. The number of hydrogen-bond acceptors (Lipinski definition) is 7. The smallest absolute Gasteiger partial charge is 0.322 e. The number of carbonyl (C=O) groups excluding carboxylic acids is 1. The molecule has 0 radical (unpaired) electrons. The molecule has 1 fully saturated rings. The quantitative estimate of drug-likeness (QED) is 0.632. The maximum atomic E-state index is 12.8. The van der Waals surface area contributed by atoms with Gasteiger partial charge in [0.25, 0.3) is 0 Å². The van der Waals surface area contributed by atoms with Crippen molar-refractivity contribution in [3.05, 3.63) is 40.2 Å². The number of thioether (sulfide) groups is 1. The lowest BCUT2D eigenvalue weighted by atomic mass is 10.0. The van der Waals surface area contributed by atoms with Crippen molar-refractivity contribution in [3.63, 3.8) is 0 Å². The van der Waals surface area contributed by atoms with Gasteiger partial charge in [0.1, 0.15) is 23.6 Å². The number of fused-ring (bicyclic) bond motifs is 1. The SMILES string of the molecule is CC(=O)Oc1ccc2occ([C@H]3N[C@H](C(=O)O)C(C)(C)S3)c(=O)c2c1. The van der Waals surface area contributed by atoms with E-state index in [1.165, 1.54) is 31.0 Å². The van der Waals surface area contributed by atoms with Gasteiger partial charge in [0, 0.05) is 11.7 Å². The number of ether oxygens (including phenoxy) is 1. The molecule has 1 aliphatic rings. The topological polar surface area (TPSA) is 106 Å². The van der Waals surface area contributed by atoms with Crippen molar-refractivity contribution in [3.8, 4) is 5.75 Å². The van der Waals surface area contributed by atoms with Gasteiger partial charge < -0.3 is 14.3 Å². The standard InChI is InChI=1S/C17H17NO6S/c1-8(19)24-9-4-5-12-10(6-9)13(20)11(7-23-12)15-18-14(16(21)22)17(2,3)25-15/h4-7,14-15,18H,1-3H3,(H,21,22)/t14-,15+/m1/s1. The van der Waals surface area contributed by atoms with Crippen LogP contribution in [0, 0.1) is 0 Å². The molecule has 8 heteroatoms. The van der Waals surface area contributed by atoms with Gasteiger partial charge in [0.05, 0.1) is 16.3 Å². The van der Waals surface area contributed by atoms with E-state index in [2.05, 4.69) is 5.32 Å². The van der Waals surface area contributed by atoms with Crippen molar-refractivity contribution >= 4 is 34.7 Å². The van der Waals surface area contributed by atoms with Crippen molar-refractivity contribution in [1.29, 1.82) is 0 Å². The van der Waals surface area contributed by atoms with Gasteiger partial charge in [-0.05, 0) is 32.0 Å². The van der Waals surface area contributed by atoms with Crippen LogP contribution in [-0.4, -0.2) is 27.8 Å². The number of carbonyl (C=O) groups is 2. The molecule has 3 rings (SSSR count). The van der Waals surface area contributed by atoms with Crippen LogP contribution in [0.1, 0.15) is 31.7 Å². The monoisotopic (exact) mass is 363 g/mol. The summed E-state index contributed by atoms with van der Waals surface area (Å²) in [5, 5.41) is 12.1. The Kier molecular flexibility index (Phi) is 4.34. The summed E-state index contributed by atoms with van der Waals surface area (Å²) in [4.78, 5) is 35.3. The zero-order chi connectivity index (χ0) is 18.4. The molecule has 1 aromatic heterocycles. The predicted octanol–water partition coefficient (Wildman–Crippen LogP) is 2.29. The Morgan fingerprint density at radius 3 is 2.68 bits per heavy atom. The van der Waals surface area contributed by atoms with E-state index in [4.69, 9.17) is 9.15 Å². The first-order valence-electron chi connectivity index (χ1n) is 7.59. The number of carboxylic acid groups (broad SMARTS) is 1. The van der Waals surface area contributed by atoms with Crippen LogP contribution in [0.15, 0.2) is 33.7 Å². The molecule has 1 aliphatic heterocycles. The molecule has 1 aromatic carbocycles. The number of esters is 1. The summed E-state index contributed by atoms with van der Waals surface area (Å²) in [5.41, 5.74) is 0.401. The number of rotatable bonds is 3. The lowest BCUT2D eigenvalue weighted by molar-refractivity contribution is -0.140. The van der Waals surface area contributed by atoms with Gasteiger partial charge in [0.2, 0.25) is 0 Å². The molecule has 2 heterocycles. The molecule has 132 valence electrons. The fourth-order valence-electron chi connectivity index (χ4n) is 2.82. The van der Waals surface area contributed by atoms with Crippen molar-refractivity contribution in [1.82, 2.24) is 5.32 Å². The number of hydrogen-bond donors (Lipinski definition) is 2. The maximum absolute atomic E-state index is 12.8. The average molecular weight is 363 g/mol. The van der Waals surface area contributed by atoms with Gasteiger partial charge >= 0.3 is 11.9 Å². The van der Waals surface area contributed by atoms with Crippen molar-refractivity contribution < 1.29 is 23.8 Å². The summed E-state index contributed by atoms with van der Waals surface area (Å²) < 4.78 is 9.94. The minimum Gasteiger partial charge on any atom is -0.480 e. The number of aliphatic carboxylic acids is 1. The highest BCUT2D eigenvalue weighted by Crippen LogP contribution is 2.45. The zero-order valence-corrected chi connectivity index (χ0v) is 14.7. The van der Waals surface area contributed by atoms with Crippen LogP contribution < -0.4 is 15.5 Å². The van der Waals surface area contributed by atoms with Crippen LogP contribution in [0.3, 0.4) is 0 Å². The minimum absolute atomic E-state index is 0.250. The summed E-state index contributed by atoms with van der Waals surface area (Å²) in [7, 11) is 0. The molecule has 0 amide bonds. The highest BCUT2D eigenvalue weighted by Gasteiger charge is 2.46. The Bertz CT molecular complexity index is 919. The molecule has 0 aliphatic carbocycles. The average Bonchev–Trinajstić information content (AvgIpc) is 2.83. The van der Waals surface area contributed by atoms with E-state index in [1.54, 1.807) is 12.1 Å². The second-order valence-corrected chi connectivity index (χ2v) is 8.07. The van der Waals surface area contributed by atoms with Gasteiger partial charge in [-0.3, -0.25) is 19.7 Å². The van der Waals surface area contributed by atoms with Crippen LogP contribution in [0.4, 0.5) is 0 Å². The molecule has 7 nitrogen and oxygen atoms in total. The Hall–Kier alpha value is -2.32. The first kappa shape index (κ1) is 17.5. The van der Waals surface area contributed by atoms with Gasteiger partial charge in [-0.2, -0.15) is 0 Å². The molecular formula is C17H17NO6S. The highest BCUT2D eigenvalue weighted by atomic mass is 32.2. The summed E-state index contributed by atoms with van der Waals surface area (Å²) in [6.45, 7) is 4.90. The molecule has 2 N–H and O–H groups in total. The molecule has 25 heavy (non-hydrogen) atoms. The van der Waals surface area contributed by atoms with E-state index in [0.29, 0.717) is 11.1 Å². The second-order valence-electron chi connectivity index (χ2n) is 6.31. The summed E-state index contributed by atoms with van der Waals surface area (Å²) in [6, 6.07) is 3.76. The summed E-state index contributed by atoms with van der Waals surface area (Å²) >= 11 is 1.36. The molecule has 2 atom stereocenters. The normalized spacial score (nSPS) is 22.0. The largest absolute Gasteiger partial charge is 0.480 e. The highest BCUT2D eigenvalue weighted by molar-refractivity contribution is 8.01. The number of nitrogens with one attached hydrogen (secondary N) is 1. The molecule has 0 bridgehead atoms. The molecule has 0 saturated carbocycles. The van der Waals surface area contributed by atoms with Crippen molar-refractivity contribution in [2.24, 2.45) is 0 Å². The minimum atomic E-state index is -0.970. The Labute approximate surface area is 147 Å². The first-order chi connectivity index (χ1) is 11.7. The van der Waals surface area contributed by atoms with E-state index in [0.717, 1.165) is 0 Å². The van der Waals surface area contributed by atoms with E-state index < -0.39 is 28.1 Å². The van der Waals surface area contributed by atoms with E-state index in [1.807, 2.05) is 13.8 Å². The summed E-state index contributed by atoms with van der Waals surface area (Å²) in [6.07, 6.45) is 1.35. The lowest BCUT2D eigenvalue weighted by Crippen LogP contribution is -2.43. The van der Waals surface area contributed by atoms with Gasteiger partial charge in [-0.1, -0.05) is 0 Å². The van der Waals surface area contributed by atoms with Gasteiger partial charge in [-0.15, -0.1) is 11.8 Å². The Balaban J connectivity index is 2.03. The number of carboxylic acids is 1. The second kappa shape index (κ2) is 6.20. The van der Waals surface area contributed by atoms with Crippen LogP contribution >= 0.6 is 11.8 Å². The van der Waals surface area contributed by atoms with Gasteiger partial charge in [0.15, 0.2) is 5.43 Å². The third kappa shape index (κ3) is 3.27. The molecular weight excluding hydrogens is 346 g/mol. The first-order valence-corrected chi connectivity index (χ1v) is 8.47. The third-order valence-corrected chi connectivity index (χ3v) is 5.47. The Morgan fingerprint density at radius 1 is 1.36 bits per heavy atom. The molecule has 1 saturated heterocycles. The van der Waals surface area contributed by atoms with E-state index >= 15 is 0 Å². The van der Waals surface area contributed by atoms with Gasteiger partial charge in [-0.25, -0.2) is 0 Å². The van der Waals surface area contributed by atoms with Crippen LogP contribution in [0.2, 0.25) is 0 Å². The fraction of sp³-hybridized carbons (Fsp3) is 0.353. The molecule has 0 spiro atoms. The molecule has 0 unspecified atom stereocenters. The van der Waals surface area contributed by atoms with E-state index in [9.17, 15) is 19.5 Å². The molecule has 2 aromatic rings. The van der Waals surface area contributed by atoms with Crippen LogP contribution in [0.25, 0.3) is 11.0 Å². The number of benzene rings is 1. The third-order valence-electron chi connectivity index (χ3n) is 4.00. The van der Waals surface area contributed by atoms with Crippen molar-refractivity contribution in [2.45, 2.75) is 36.9 Å². The van der Waals surface area contributed by atoms with Crippen molar-refractivity contribution in [2.75, 3.05) is 0 Å². The van der Waals surface area contributed by atoms with Crippen LogP contribution in [-0.2, 0) is 9.59 Å². The predicted molar refractivity (Wildman–Crippen MR) is 92.8 cm³/mol. The zero-order valence-electron chi connectivity index (χ0n) is 13.9. The maximum Gasteiger partial charge on any atom is 0.322 e. The Morgan fingerprint density at radius 2 is 2.08 bits per heavy atom. The fourth-order valence-corrected chi connectivity index (χ4v) is 4.22. The summed E-state index contributed by atoms with van der Waals surface area (Å²) in [5.74, 6) is -1.21. The van der Waals surface area contributed by atoms with Crippen LogP contribution in [0.5, 0.6) is 5.75 Å². The van der Waals surface area contributed by atoms with E-state index in [-0.39, 0.29) is 16.6 Å².